The molecule has 0 unspecified atom stereocenters. The average Bonchev–Trinajstić information content (AvgIpc) is 3.01. The van der Waals surface area contributed by atoms with Gasteiger partial charge >= 0.3 is 6.03 Å². The van der Waals surface area contributed by atoms with Crippen LogP contribution in [0.25, 0.3) is 0 Å². The molecule has 2 atom stereocenters. The van der Waals surface area contributed by atoms with E-state index in [1.807, 2.05) is 29.2 Å². The molecule has 2 fully saturated rings. The van der Waals surface area contributed by atoms with E-state index in [-0.39, 0.29) is 18.0 Å². The third-order valence-corrected chi connectivity index (χ3v) is 5.18. The molecule has 2 aliphatic heterocycles. The molecule has 1 aromatic carbocycles. The lowest BCUT2D eigenvalue weighted by molar-refractivity contribution is -0.117. The maximum atomic E-state index is 12.6. The van der Waals surface area contributed by atoms with Crippen LogP contribution in [0.5, 0.6) is 5.75 Å². The summed E-state index contributed by atoms with van der Waals surface area (Å²) in [6.07, 6.45) is 4.64. The number of carbonyl (C=O) groups excluding carboxylic acids is 2. The molecule has 3 amide bonds. The van der Waals surface area contributed by atoms with Crippen LogP contribution < -0.4 is 15.0 Å². The summed E-state index contributed by atoms with van der Waals surface area (Å²) in [4.78, 5) is 28.7. The number of methoxy groups -OCH3 is 1. The van der Waals surface area contributed by atoms with E-state index in [0.717, 1.165) is 37.2 Å². The van der Waals surface area contributed by atoms with Crippen LogP contribution in [0.15, 0.2) is 24.3 Å². The van der Waals surface area contributed by atoms with Crippen LogP contribution in [0.1, 0.15) is 39.0 Å². The fraction of sp³-hybridized carbons (Fsp3) is 0.579. The molecule has 2 heterocycles. The second kappa shape index (κ2) is 7.76. The van der Waals surface area contributed by atoms with E-state index in [9.17, 15) is 9.59 Å². The third-order valence-electron chi connectivity index (χ3n) is 5.18. The number of ether oxygens (including phenoxy) is 1. The van der Waals surface area contributed by atoms with Crippen LogP contribution in [0.2, 0.25) is 0 Å². The molecule has 6 heteroatoms. The fourth-order valence-corrected chi connectivity index (χ4v) is 3.78. The van der Waals surface area contributed by atoms with E-state index in [1.165, 1.54) is 6.42 Å². The van der Waals surface area contributed by atoms with Gasteiger partial charge in [0.15, 0.2) is 0 Å². The lowest BCUT2D eigenvalue weighted by atomic mass is 10.0. The number of benzene rings is 1. The predicted octanol–water partition coefficient (Wildman–Crippen LogP) is 2.77. The normalized spacial score (nSPS) is 23.7. The number of anilines is 1. The van der Waals surface area contributed by atoms with Crippen LogP contribution in [0.4, 0.5) is 10.5 Å². The summed E-state index contributed by atoms with van der Waals surface area (Å²) in [5.74, 6) is 0.751. The molecule has 0 saturated carbocycles. The summed E-state index contributed by atoms with van der Waals surface area (Å²) in [6.45, 7) is 3.44. The molecular weight excluding hydrogens is 318 g/mol. The van der Waals surface area contributed by atoms with E-state index < -0.39 is 0 Å². The molecule has 1 aromatic rings. The number of nitrogens with zero attached hydrogens (tertiary/aromatic N) is 2. The Morgan fingerprint density at radius 3 is 2.96 bits per heavy atom. The SMILES string of the molecule is CC[C@H]1CCCCN1C(=O)N[C@H]1CC(=O)N(c2cccc(OC)c2)C1. The van der Waals surface area contributed by atoms with Gasteiger partial charge in [0.2, 0.25) is 5.91 Å². The lowest BCUT2D eigenvalue weighted by Crippen LogP contribution is -2.51. The van der Waals surface area contributed by atoms with Crippen molar-refractivity contribution in [2.45, 2.75) is 51.1 Å². The van der Waals surface area contributed by atoms with Gasteiger partial charge in [0.05, 0.1) is 13.2 Å². The highest BCUT2D eigenvalue weighted by atomic mass is 16.5. The van der Waals surface area contributed by atoms with Gasteiger partial charge in [-0.2, -0.15) is 0 Å². The summed E-state index contributed by atoms with van der Waals surface area (Å²) in [5, 5.41) is 3.06. The zero-order chi connectivity index (χ0) is 17.8. The number of hydrogen-bond donors (Lipinski definition) is 1. The first-order valence-corrected chi connectivity index (χ1v) is 9.14. The van der Waals surface area contributed by atoms with Gasteiger partial charge in [0.25, 0.3) is 0 Å². The van der Waals surface area contributed by atoms with E-state index in [2.05, 4.69) is 12.2 Å². The number of carbonyl (C=O) groups is 2. The zero-order valence-corrected chi connectivity index (χ0v) is 15.0. The van der Waals surface area contributed by atoms with Crippen molar-refractivity contribution in [2.75, 3.05) is 25.1 Å². The first-order chi connectivity index (χ1) is 12.1. The first-order valence-electron chi connectivity index (χ1n) is 9.14. The number of likely N-dealkylation sites (tertiary alicyclic amines) is 1. The van der Waals surface area contributed by atoms with Crippen molar-refractivity contribution in [3.8, 4) is 5.75 Å². The van der Waals surface area contributed by atoms with Crippen LogP contribution in [0.3, 0.4) is 0 Å². The minimum Gasteiger partial charge on any atom is -0.497 e. The molecule has 0 bridgehead atoms. The monoisotopic (exact) mass is 345 g/mol. The maximum absolute atomic E-state index is 12.6. The first kappa shape index (κ1) is 17.6. The molecule has 6 nitrogen and oxygen atoms in total. The molecule has 0 aromatic heterocycles. The summed E-state index contributed by atoms with van der Waals surface area (Å²) in [6, 6.07) is 7.60. The van der Waals surface area contributed by atoms with Crippen molar-refractivity contribution in [1.29, 1.82) is 0 Å². The smallest absolute Gasteiger partial charge is 0.317 e. The van der Waals surface area contributed by atoms with E-state index in [0.29, 0.717) is 19.0 Å². The van der Waals surface area contributed by atoms with Crippen LogP contribution >= 0.6 is 0 Å². The summed E-state index contributed by atoms with van der Waals surface area (Å²) < 4.78 is 5.23. The second-order valence-electron chi connectivity index (χ2n) is 6.81. The number of amides is 3. The predicted molar refractivity (Wildman–Crippen MR) is 96.9 cm³/mol. The highest BCUT2D eigenvalue weighted by Gasteiger charge is 2.34. The molecule has 0 aliphatic carbocycles. The standard InChI is InChI=1S/C19H27N3O3/c1-3-15-7-4-5-10-21(15)19(24)20-14-11-18(23)22(13-14)16-8-6-9-17(12-16)25-2/h6,8-9,12,14-15H,3-5,7,10-11,13H2,1-2H3,(H,20,24)/t14-,15-/m0/s1. The topological polar surface area (TPSA) is 61.9 Å². The molecule has 3 rings (SSSR count). The molecule has 0 radical (unpaired) electrons. The lowest BCUT2D eigenvalue weighted by Gasteiger charge is -2.35. The summed E-state index contributed by atoms with van der Waals surface area (Å²) in [5.41, 5.74) is 0.811. The number of rotatable bonds is 4. The van der Waals surface area contributed by atoms with Crippen LogP contribution in [-0.2, 0) is 4.79 Å². The number of piperidine rings is 1. The Bertz CT molecular complexity index is 634. The molecule has 2 aliphatic rings. The largest absolute Gasteiger partial charge is 0.497 e. The molecular formula is C19H27N3O3. The van der Waals surface area contributed by atoms with Crippen LogP contribution in [-0.4, -0.2) is 49.1 Å². The molecule has 136 valence electrons. The third kappa shape index (κ3) is 3.89. The van der Waals surface area contributed by atoms with Crippen molar-refractivity contribution < 1.29 is 14.3 Å². The fourth-order valence-electron chi connectivity index (χ4n) is 3.78. The number of urea groups is 1. The Balaban J connectivity index is 1.63. The van der Waals surface area contributed by atoms with Gasteiger partial charge < -0.3 is 19.9 Å². The minimum atomic E-state index is -0.148. The van der Waals surface area contributed by atoms with E-state index in [4.69, 9.17) is 4.74 Å². The number of nitrogens with one attached hydrogen (secondary N) is 1. The quantitative estimate of drug-likeness (QED) is 0.913. The summed E-state index contributed by atoms with van der Waals surface area (Å²) >= 11 is 0. The van der Waals surface area contributed by atoms with Gasteiger partial charge in [0, 0.05) is 37.3 Å². The van der Waals surface area contributed by atoms with Crippen molar-refractivity contribution >= 4 is 17.6 Å². The van der Waals surface area contributed by atoms with Crippen molar-refractivity contribution in [2.24, 2.45) is 0 Å². The highest BCUT2D eigenvalue weighted by Crippen LogP contribution is 2.26. The van der Waals surface area contributed by atoms with Gasteiger partial charge in [0.1, 0.15) is 5.75 Å². The molecule has 1 N–H and O–H groups in total. The maximum Gasteiger partial charge on any atom is 0.317 e. The Labute approximate surface area is 149 Å². The van der Waals surface area contributed by atoms with Crippen molar-refractivity contribution in [1.82, 2.24) is 10.2 Å². The van der Waals surface area contributed by atoms with Crippen LogP contribution in [0, 0.1) is 0 Å². The van der Waals surface area contributed by atoms with Gasteiger partial charge in [-0.1, -0.05) is 13.0 Å². The van der Waals surface area contributed by atoms with Gasteiger partial charge in [-0.05, 0) is 37.8 Å². The van der Waals surface area contributed by atoms with Gasteiger partial charge in [-0.3, -0.25) is 4.79 Å². The number of hydrogen-bond acceptors (Lipinski definition) is 3. The Morgan fingerprint density at radius 1 is 1.36 bits per heavy atom. The molecule has 2 saturated heterocycles. The van der Waals surface area contributed by atoms with E-state index >= 15 is 0 Å². The Morgan fingerprint density at radius 2 is 2.20 bits per heavy atom. The van der Waals surface area contributed by atoms with Gasteiger partial charge in [-0.25, -0.2) is 4.79 Å². The van der Waals surface area contributed by atoms with E-state index in [1.54, 1.807) is 12.0 Å². The summed E-state index contributed by atoms with van der Waals surface area (Å²) in [7, 11) is 1.61. The second-order valence-corrected chi connectivity index (χ2v) is 6.81. The van der Waals surface area contributed by atoms with Gasteiger partial charge in [-0.15, -0.1) is 0 Å². The minimum absolute atomic E-state index is 0.0307. The molecule has 0 spiro atoms. The molecule has 25 heavy (non-hydrogen) atoms. The highest BCUT2D eigenvalue weighted by molar-refractivity contribution is 5.97. The Kier molecular flexibility index (Phi) is 5.46. The van der Waals surface area contributed by atoms with Crippen molar-refractivity contribution in [3.05, 3.63) is 24.3 Å². The van der Waals surface area contributed by atoms with Crippen molar-refractivity contribution in [3.63, 3.8) is 0 Å². The zero-order valence-electron chi connectivity index (χ0n) is 15.0. The average molecular weight is 345 g/mol. The Hall–Kier alpha value is -2.24.